The van der Waals surface area contributed by atoms with Gasteiger partial charge in [-0.15, -0.1) is 0 Å². The van der Waals surface area contributed by atoms with Gasteiger partial charge in [0.1, 0.15) is 0 Å². The molecule has 1 amide bonds. The zero-order valence-electron chi connectivity index (χ0n) is 16.8. The van der Waals surface area contributed by atoms with Crippen molar-refractivity contribution in [3.8, 4) is 11.5 Å². The number of methoxy groups -OCH3 is 2. The van der Waals surface area contributed by atoms with Crippen LogP contribution in [0.15, 0.2) is 52.3 Å². The number of ketones is 1. The highest BCUT2D eigenvalue weighted by molar-refractivity contribution is 6.15. The molecule has 1 N–H and O–H groups in total. The van der Waals surface area contributed by atoms with Gasteiger partial charge in [-0.2, -0.15) is 0 Å². The van der Waals surface area contributed by atoms with Crippen LogP contribution in [0.3, 0.4) is 0 Å². The number of hydrogen-bond donors (Lipinski definition) is 1. The molecule has 1 aliphatic heterocycles. The van der Waals surface area contributed by atoms with E-state index in [9.17, 15) is 14.7 Å². The highest BCUT2D eigenvalue weighted by Gasteiger charge is 2.44. The quantitative estimate of drug-likeness (QED) is 0.681. The van der Waals surface area contributed by atoms with Gasteiger partial charge in [0.15, 0.2) is 23.0 Å². The first kappa shape index (κ1) is 20.5. The molecule has 0 aliphatic carbocycles. The summed E-state index contributed by atoms with van der Waals surface area (Å²) in [6.07, 6.45) is 1.37. The van der Waals surface area contributed by atoms with Gasteiger partial charge in [0.25, 0.3) is 5.91 Å². The van der Waals surface area contributed by atoms with Gasteiger partial charge in [0.05, 0.1) is 32.1 Å². The summed E-state index contributed by atoms with van der Waals surface area (Å²) in [6, 6.07) is 7.45. The second-order valence-electron chi connectivity index (χ2n) is 6.89. The number of furan rings is 1. The maximum atomic E-state index is 13.1. The van der Waals surface area contributed by atoms with Crippen LogP contribution in [0.4, 0.5) is 0 Å². The molecule has 8 nitrogen and oxygen atoms in total. The van der Waals surface area contributed by atoms with Gasteiger partial charge in [0, 0.05) is 13.1 Å². The first-order chi connectivity index (χ1) is 13.9. The van der Waals surface area contributed by atoms with Gasteiger partial charge in [0.2, 0.25) is 5.78 Å². The molecule has 0 saturated heterocycles. The molecule has 1 aromatic heterocycles. The van der Waals surface area contributed by atoms with Crippen molar-refractivity contribution >= 4 is 11.7 Å². The Morgan fingerprint density at radius 2 is 1.93 bits per heavy atom. The number of ether oxygens (including phenoxy) is 2. The minimum absolute atomic E-state index is 0.0177. The van der Waals surface area contributed by atoms with Gasteiger partial charge < -0.3 is 28.8 Å². The fraction of sp³-hybridized carbons (Fsp3) is 0.333. The molecule has 0 saturated carbocycles. The summed E-state index contributed by atoms with van der Waals surface area (Å²) in [5.41, 5.74) is 0.602. The zero-order valence-corrected chi connectivity index (χ0v) is 16.8. The number of nitrogens with zero attached hydrogens (tertiary/aromatic N) is 2. The molecule has 154 valence electrons. The molecule has 0 fully saturated rings. The third kappa shape index (κ3) is 3.84. The van der Waals surface area contributed by atoms with Crippen LogP contribution in [-0.4, -0.2) is 68.0 Å². The van der Waals surface area contributed by atoms with Gasteiger partial charge in [-0.3, -0.25) is 9.59 Å². The number of likely N-dealkylation sites (N-methyl/N-ethyl adjacent to an activating group) is 1. The van der Waals surface area contributed by atoms with Gasteiger partial charge in [-0.1, -0.05) is 6.07 Å². The molecule has 3 rings (SSSR count). The molecule has 1 aliphatic rings. The van der Waals surface area contributed by atoms with Gasteiger partial charge >= 0.3 is 0 Å². The SMILES string of the molecule is COc1ccc([C@@H]2C(C(=O)c3ccco3)=C(O)C(=O)N2CCN(C)C)cc1OC. The molecule has 0 unspecified atom stereocenters. The van der Waals surface area contributed by atoms with E-state index in [0.717, 1.165) is 0 Å². The fourth-order valence-corrected chi connectivity index (χ4v) is 3.33. The number of amides is 1. The molecule has 0 bridgehead atoms. The van der Waals surface area contributed by atoms with Crippen molar-refractivity contribution in [2.24, 2.45) is 0 Å². The molecule has 1 aromatic carbocycles. The van der Waals surface area contributed by atoms with Gasteiger partial charge in [-0.05, 0) is 43.9 Å². The Bertz CT molecular complexity index is 933. The van der Waals surface area contributed by atoms with Crippen LogP contribution in [0.25, 0.3) is 0 Å². The Kier molecular flexibility index (Phi) is 5.93. The van der Waals surface area contributed by atoms with Crippen molar-refractivity contribution in [3.63, 3.8) is 0 Å². The van der Waals surface area contributed by atoms with Crippen molar-refractivity contribution in [2.75, 3.05) is 41.4 Å². The number of carbonyl (C=O) groups excluding carboxylic acids is 2. The third-order valence-electron chi connectivity index (χ3n) is 4.80. The fourth-order valence-electron chi connectivity index (χ4n) is 3.33. The lowest BCUT2D eigenvalue weighted by molar-refractivity contribution is -0.129. The molecule has 1 atom stereocenters. The standard InChI is InChI=1S/C21H24N2O6/c1-22(2)9-10-23-18(13-7-8-14(27-3)16(12-13)28-4)17(20(25)21(23)26)19(24)15-6-5-11-29-15/h5-8,11-12,18,25H,9-10H2,1-4H3/t18-/m1/s1. The maximum absolute atomic E-state index is 13.1. The maximum Gasteiger partial charge on any atom is 0.290 e. The van der Waals surface area contributed by atoms with E-state index in [2.05, 4.69) is 0 Å². The van der Waals surface area contributed by atoms with Crippen LogP contribution in [-0.2, 0) is 4.79 Å². The van der Waals surface area contributed by atoms with Crippen LogP contribution in [0, 0.1) is 0 Å². The lowest BCUT2D eigenvalue weighted by atomic mass is 9.94. The topological polar surface area (TPSA) is 92.5 Å². The number of Topliss-reactive ketones (excluding diaryl/α,β-unsaturated/α-hetero) is 1. The first-order valence-corrected chi connectivity index (χ1v) is 9.08. The summed E-state index contributed by atoms with van der Waals surface area (Å²) in [5, 5.41) is 10.6. The Labute approximate surface area is 168 Å². The highest BCUT2D eigenvalue weighted by Crippen LogP contribution is 2.41. The second kappa shape index (κ2) is 8.40. The summed E-state index contributed by atoms with van der Waals surface area (Å²) in [5.74, 6) is -0.660. The minimum atomic E-state index is -0.778. The molecular formula is C21H24N2O6. The molecule has 0 spiro atoms. The van der Waals surface area contributed by atoms with Crippen LogP contribution in [0.5, 0.6) is 11.5 Å². The lowest BCUT2D eigenvalue weighted by Gasteiger charge is -2.28. The van der Waals surface area contributed by atoms with Gasteiger partial charge in [-0.25, -0.2) is 0 Å². The third-order valence-corrected chi connectivity index (χ3v) is 4.80. The van der Waals surface area contributed by atoms with E-state index in [-0.39, 0.29) is 11.3 Å². The average molecular weight is 400 g/mol. The van der Waals surface area contributed by atoms with E-state index >= 15 is 0 Å². The Hall–Kier alpha value is -3.26. The van der Waals surface area contributed by atoms with Crippen LogP contribution < -0.4 is 9.47 Å². The summed E-state index contributed by atoms with van der Waals surface area (Å²) < 4.78 is 15.9. The van der Waals surface area contributed by atoms with Crippen molar-refractivity contribution in [1.82, 2.24) is 9.80 Å². The predicted octanol–water partition coefficient (Wildman–Crippen LogP) is 2.44. The molecule has 29 heavy (non-hydrogen) atoms. The highest BCUT2D eigenvalue weighted by atomic mass is 16.5. The Morgan fingerprint density at radius 1 is 1.21 bits per heavy atom. The van der Waals surface area contributed by atoms with Crippen LogP contribution >= 0.6 is 0 Å². The summed E-state index contributed by atoms with van der Waals surface area (Å²) in [4.78, 5) is 29.3. The zero-order chi connectivity index (χ0) is 21.1. The summed E-state index contributed by atoms with van der Waals surface area (Å²) >= 11 is 0. The van der Waals surface area contributed by atoms with E-state index in [4.69, 9.17) is 13.9 Å². The van der Waals surface area contributed by atoms with E-state index in [1.54, 1.807) is 24.3 Å². The number of aliphatic hydroxyl groups is 1. The number of benzene rings is 1. The van der Waals surface area contributed by atoms with Crippen molar-refractivity contribution in [2.45, 2.75) is 6.04 Å². The average Bonchev–Trinajstić information content (AvgIpc) is 3.33. The Morgan fingerprint density at radius 3 is 2.52 bits per heavy atom. The first-order valence-electron chi connectivity index (χ1n) is 9.08. The van der Waals surface area contributed by atoms with E-state index in [0.29, 0.717) is 30.2 Å². The lowest BCUT2D eigenvalue weighted by Crippen LogP contribution is -2.36. The second-order valence-corrected chi connectivity index (χ2v) is 6.89. The molecule has 0 radical (unpaired) electrons. The van der Waals surface area contributed by atoms with E-state index in [1.807, 2.05) is 19.0 Å². The smallest absolute Gasteiger partial charge is 0.290 e. The van der Waals surface area contributed by atoms with Crippen LogP contribution in [0.1, 0.15) is 22.2 Å². The number of carbonyl (C=O) groups is 2. The predicted molar refractivity (Wildman–Crippen MR) is 105 cm³/mol. The van der Waals surface area contributed by atoms with Crippen molar-refractivity contribution < 1.29 is 28.6 Å². The number of rotatable bonds is 8. The van der Waals surface area contributed by atoms with Crippen molar-refractivity contribution in [1.29, 1.82) is 0 Å². The molecular weight excluding hydrogens is 376 g/mol. The molecule has 2 aromatic rings. The largest absolute Gasteiger partial charge is 0.503 e. The minimum Gasteiger partial charge on any atom is -0.503 e. The summed E-state index contributed by atoms with van der Waals surface area (Å²) in [7, 11) is 6.80. The monoisotopic (exact) mass is 400 g/mol. The van der Waals surface area contributed by atoms with Crippen LogP contribution in [0.2, 0.25) is 0 Å². The normalized spacial score (nSPS) is 16.7. The van der Waals surface area contributed by atoms with Crippen molar-refractivity contribution in [3.05, 3.63) is 59.3 Å². The van der Waals surface area contributed by atoms with E-state index in [1.165, 1.54) is 31.4 Å². The molecule has 8 heteroatoms. The number of hydrogen-bond acceptors (Lipinski definition) is 7. The Balaban J connectivity index is 2.10. The van der Waals surface area contributed by atoms with E-state index < -0.39 is 23.5 Å². The summed E-state index contributed by atoms with van der Waals surface area (Å²) in [6.45, 7) is 0.884. The molecule has 2 heterocycles. The number of aliphatic hydroxyl groups excluding tert-OH is 1.